The minimum atomic E-state index is -1.91. The Hall–Kier alpha value is -4.36. The highest BCUT2D eigenvalue weighted by Crippen LogP contribution is 2.24. The number of rotatable bonds is 8. The second kappa shape index (κ2) is 10.9. The third-order valence-electron chi connectivity index (χ3n) is 5.30. The van der Waals surface area contributed by atoms with E-state index in [1.165, 1.54) is 37.4 Å². The lowest BCUT2D eigenvalue weighted by molar-refractivity contribution is -0.150. The number of benzene rings is 2. The van der Waals surface area contributed by atoms with Crippen LogP contribution in [0.5, 0.6) is 0 Å². The maximum absolute atomic E-state index is 14.3. The number of likely N-dealkylation sites (N-methyl/N-ethyl adjacent to an activating group) is 1. The van der Waals surface area contributed by atoms with Gasteiger partial charge in [-0.3, -0.25) is 24.6 Å². The van der Waals surface area contributed by atoms with Gasteiger partial charge in [0, 0.05) is 36.1 Å². The van der Waals surface area contributed by atoms with Gasteiger partial charge in [-0.1, -0.05) is 0 Å². The first-order chi connectivity index (χ1) is 17.0. The Kier molecular flexibility index (Phi) is 7.96. The maximum atomic E-state index is 14.3. The van der Waals surface area contributed by atoms with Gasteiger partial charge in [0.05, 0.1) is 6.61 Å². The van der Waals surface area contributed by atoms with Crippen molar-refractivity contribution in [2.24, 2.45) is 5.73 Å². The molecule has 0 saturated carbocycles. The van der Waals surface area contributed by atoms with Gasteiger partial charge < -0.3 is 35.8 Å². The van der Waals surface area contributed by atoms with Crippen LogP contribution < -0.4 is 16.0 Å². The van der Waals surface area contributed by atoms with E-state index >= 15 is 0 Å². The molecule has 6 N–H and O–H groups in total. The lowest BCUT2D eigenvalue weighted by atomic mass is 10.1. The zero-order valence-corrected chi connectivity index (χ0v) is 19.1. The molecule has 13 heteroatoms. The van der Waals surface area contributed by atoms with Gasteiger partial charge in [0.1, 0.15) is 18.2 Å². The second-order valence-corrected chi connectivity index (χ2v) is 7.96. The van der Waals surface area contributed by atoms with E-state index in [1.807, 2.05) is 0 Å². The fourth-order valence-corrected chi connectivity index (χ4v) is 3.52. The van der Waals surface area contributed by atoms with E-state index in [0.29, 0.717) is 5.56 Å². The highest BCUT2D eigenvalue weighted by molar-refractivity contribution is 6.05. The summed E-state index contributed by atoms with van der Waals surface area (Å²) >= 11 is 0. The number of aliphatic hydroxyl groups is 1. The Bertz CT molecular complexity index is 1200. The number of amides is 3. The van der Waals surface area contributed by atoms with Crippen LogP contribution in [0.4, 0.5) is 15.8 Å². The molecule has 0 unspecified atom stereocenters. The Morgan fingerprint density at radius 3 is 2.53 bits per heavy atom. The highest BCUT2D eigenvalue weighted by atomic mass is 19.1. The highest BCUT2D eigenvalue weighted by Gasteiger charge is 2.39. The molecular weight excluding hydrogens is 477 g/mol. The molecule has 2 atom stereocenters. The number of carboxylic acids is 1. The molecule has 1 aliphatic heterocycles. The topological polar surface area (TPSA) is 186 Å². The summed E-state index contributed by atoms with van der Waals surface area (Å²) in [6.07, 6.45) is -3.52. The van der Waals surface area contributed by atoms with Gasteiger partial charge in [0.15, 0.2) is 12.2 Å². The van der Waals surface area contributed by atoms with Crippen molar-refractivity contribution < 1.29 is 38.5 Å². The van der Waals surface area contributed by atoms with Gasteiger partial charge in [0.25, 0.3) is 17.7 Å². The SMILES string of the molecule is CN(CC(=O)O)C(=O)c1cc(F)cc(N2CCO[C@H]([C@@H](O)C(=O)Nc3ccc(C(=N)N)cc3)C2=O)c1. The fourth-order valence-electron chi connectivity index (χ4n) is 3.52. The number of nitrogen functional groups attached to an aromatic ring is 1. The number of nitrogens with one attached hydrogen (secondary N) is 2. The van der Waals surface area contributed by atoms with Gasteiger partial charge in [-0.15, -0.1) is 0 Å². The molecule has 3 rings (SSSR count). The molecule has 1 aliphatic rings. The summed E-state index contributed by atoms with van der Waals surface area (Å²) in [4.78, 5) is 50.9. The van der Waals surface area contributed by atoms with Crippen LogP contribution in [0, 0.1) is 11.2 Å². The van der Waals surface area contributed by atoms with Crippen molar-refractivity contribution >= 4 is 40.9 Å². The third-order valence-corrected chi connectivity index (χ3v) is 5.30. The van der Waals surface area contributed by atoms with Crippen LogP contribution in [0.15, 0.2) is 42.5 Å². The fraction of sp³-hybridized carbons (Fsp3) is 0.261. The minimum absolute atomic E-state index is 0.0206. The molecule has 0 spiro atoms. The molecule has 0 aliphatic carbocycles. The van der Waals surface area contributed by atoms with Gasteiger partial charge in [0.2, 0.25) is 0 Å². The summed E-state index contributed by atoms with van der Waals surface area (Å²) in [6, 6.07) is 9.03. The van der Waals surface area contributed by atoms with Crippen molar-refractivity contribution in [3.63, 3.8) is 0 Å². The minimum Gasteiger partial charge on any atom is -0.480 e. The van der Waals surface area contributed by atoms with Crippen LogP contribution in [0.3, 0.4) is 0 Å². The molecule has 36 heavy (non-hydrogen) atoms. The van der Waals surface area contributed by atoms with E-state index in [1.54, 1.807) is 0 Å². The van der Waals surface area contributed by atoms with Crippen LogP contribution in [0.25, 0.3) is 0 Å². The van der Waals surface area contributed by atoms with E-state index in [9.17, 15) is 28.7 Å². The van der Waals surface area contributed by atoms with Crippen LogP contribution in [-0.4, -0.2) is 83.6 Å². The quantitative estimate of drug-likeness (QED) is 0.247. The van der Waals surface area contributed by atoms with Gasteiger partial charge in [-0.25, -0.2) is 4.39 Å². The van der Waals surface area contributed by atoms with Crippen LogP contribution in [0.1, 0.15) is 15.9 Å². The lowest BCUT2D eigenvalue weighted by Gasteiger charge is -2.34. The zero-order valence-electron chi connectivity index (χ0n) is 19.1. The number of carboxylic acid groups (broad SMARTS) is 1. The number of halogens is 1. The number of anilines is 2. The number of ether oxygens (including phenoxy) is 1. The largest absolute Gasteiger partial charge is 0.480 e. The molecule has 2 aromatic rings. The molecule has 0 aromatic heterocycles. The van der Waals surface area contributed by atoms with Gasteiger partial charge >= 0.3 is 5.97 Å². The summed E-state index contributed by atoms with van der Waals surface area (Å²) < 4.78 is 19.6. The Morgan fingerprint density at radius 1 is 1.25 bits per heavy atom. The van der Waals surface area contributed by atoms with Crippen molar-refractivity contribution in [1.29, 1.82) is 5.41 Å². The van der Waals surface area contributed by atoms with E-state index in [2.05, 4.69) is 5.32 Å². The average Bonchev–Trinajstić information content (AvgIpc) is 2.82. The summed E-state index contributed by atoms with van der Waals surface area (Å²) in [5, 5.41) is 29.2. The monoisotopic (exact) mass is 501 g/mol. The Labute approximate surface area is 204 Å². The molecule has 1 saturated heterocycles. The van der Waals surface area contributed by atoms with E-state index < -0.39 is 48.3 Å². The number of morpholine rings is 1. The standard InChI is InChI=1S/C23H24FN5O7/c1-28(11-17(30)31)22(34)13-8-14(24)10-16(9-13)29-6-7-36-19(23(29)35)18(32)21(33)27-15-4-2-12(3-5-15)20(25)26/h2-5,8-10,18-19,32H,6-7,11H2,1H3,(H3,25,26)(H,27,33)(H,30,31)/t18-,19-/m1/s1. The van der Waals surface area contributed by atoms with E-state index in [0.717, 1.165) is 21.9 Å². The molecule has 2 aromatic carbocycles. The normalized spacial score (nSPS) is 16.2. The second-order valence-electron chi connectivity index (χ2n) is 7.96. The van der Waals surface area contributed by atoms with E-state index in [4.69, 9.17) is 21.0 Å². The third kappa shape index (κ3) is 6.00. The number of hydrogen-bond donors (Lipinski definition) is 5. The van der Waals surface area contributed by atoms with Crippen molar-refractivity contribution in [2.75, 3.05) is 37.0 Å². The summed E-state index contributed by atoms with van der Waals surface area (Å²) in [5.74, 6) is -4.80. The predicted octanol–water partition coefficient (Wildman–Crippen LogP) is -0.00223. The summed E-state index contributed by atoms with van der Waals surface area (Å²) in [6.45, 7) is -0.743. The number of hydrogen-bond acceptors (Lipinski definition) is 7. The smallest absolute Gasteiger partial charge is 0.323 e. The zero-order chi connectivity index (χ0) is 26.6. The number of carbonyl (C=O) groups excluding carboxylic acids is 3. The Morgan fingerprint density at radius 2 is 1.92 bits per heavy atom. The molecule has 190 valence electrons. The first-order valence-corrected chi connectivity index (χ1v) is 10.6. The van der Waals surface area contributed by atoms with Crippen molar-refractivity contribution in [3.05, 3.63) is 59.4 Å². The van der Waals surface area contributed by atoms with Gasteiger partial charge in [-0.05, 0) is 42.5 Å². The van der Waals surface area contributed by atoms with Crippen molar-refractivity contribution in [3.8, 4) is 0 Å². The van der Waals surface area contributed by atoms with Crippen LogP contribution in [-0.2, 0) is 19.1 Å². The maximum Gasteiger partial charge on any atom is 0.323 e. The summed E-state index contributed by atoms with van der Waals surface area (Å²) in [5.41, 5.74) is 5.89. The Balaban J connectivity index is 1.76. The van der Waals surface area contributed by atoms with Crippen molar-refractivity contribution in [2.45, 2.75) is 12.2 Å². The molecule has 1 heterocycles. The predicted molar refractivity (Wildman–Crippen MR) is 125 cm³/mol. The number of aliphatic carboxylic acids is 1. The first kappa shape index (κ1) is 26.2. The number of carbonyl (C=O) groups is 4. The first-order valence-electron chi connectivity index (χ1n) is 10.6. The van der Waals surface area contributed by atoms with E-state index in [-0.39, 0.29) is 35.9 Å². The van der Waals surface area contributed by atoms with Crippen molar-refractivity contribution in [1.82, 2.24) is 4.90 Å². The number of nitrogens with zero attached hydrogens (tertiary/aromatic N) is 2. The van der Waals surface area contributed by atoms with Crippen LogP contribution >= 0.6 is 0 Å². The lowest BCUT2D eigenvalue weighted by Crippen LogP contribution is -2.55. The average molecular weight is 501 g/mol. The van der Waals surface area contributed by atoms with Crippen LogP contribution in [0.2, 0.25) is 0 Å². The summed E-state index contributed by atoms with van der Waals surface area (Å²) in [7, 11) is 1.24. The molecule has 12 nitrogen and oxygen atoms in total. The molecule has 3 amide bonds. The molecular formula is C23H24FN5O7. The molecule has 0 bridgehead atoms. The van der Waals surface area contributed by atoms with Gasteiger partial charge in [-0.2, -0.15) is 0 Å². The number of nitrogens with two attached hydrogens (primary N) is 1. The molecule has 0 radical (unpaired) electrons. The molecule has 1 fully saturated rings. The number of aliphatic hydroxyl groups excluding tert-OH is 1. The number of amidine groups is 1.